The smallest absolute Gasteiger partial charge is 0.0451 e. The molecule has 16 heavy (non-hydrogen) atoms. The highest BCUT2D eigenvalue weighted by Crippen LogP contribution is 2.19. The summed E-state index contributed by atoms with van der Waals surface area (Å²) >= 11 is 6.17. The minimum atomic E-state index is 0.692. The van der Waals surface area contributed by atoms with Gasteiger partial charge in [-0.15, -0.1) is 0 Å². The zero-order chi connectivity index (χ0) is 11.4. The Balaban J connectivity index is 1.96. The van der Waals surface area contributed by atoms with E-state index in [2.05, 4.69) is 29.4 Å². The molecule has 1 aliphatic heterocycles. The first kappa shape index (κ1) is 11.9. The Labute approximate surface area is 103 Å². The van der Waals surface area contributed by atoms with E-state index in [1.807, 2.05) is 12.1 Å². The first-order valence-electron chi connectivity index (χ1n) is 5.92. The molecule has 0 spiro atoms. The van der Waals surface area contributed by atoms with Crippen molar-refractivity contribution in [2.24, 2.45) is 0 Å². The van der Waals surface area contributed by atoms with E-state index in [-0.39, 0.29) is 0 Å². The van der Waals surface area contributed by atoms with Crippen molar-refractivity contribution in [3.8, 4) is 0 Å². The number of nitrogens with zero attached hydrogens (tertiary/aromatic N) is 1. The van der Waals surface area contributed by atoms with Gasteiger partial charge in [-0.3, -0.25) is 4.90 Å². The van der Waals surface area contributed by atoms with Crippen LogP contribution in [0.4, 0.5) is 0 Å². The van der Waals surface area contributed by atoms with E-state index in [1.54, 1.807) is 0 Å². The largest absolute Gasteiger partial charge is 0.317 e. The predicted octanol–water partition coefficient (Wildman–Crippen LogP) is 2.52. The van der Waals surface area contributed by atoms with Gasteiger partial charge in [-0.1, -0.05) is 29.8 Å². The fourth-order valence-electron chi connectivity index (χ4n) is 2.27. The molecule has 0 bridgehead atoms. The van der Waals surface area contributed by atoms with Crippen LogP contribution in [-0.2, 0) is 6.54 Å². The van der Waals surface area contributed by atoms with Gasteiger partial charge in [0.15, 0.2) is 0 Å². The minimum Gasteiger partial charge on any atom is -0.317 e. The first-order valence-corrected chi connectivity index (χ1v) is 6.29. The predicted molar refractivity (Wildman–Crippen MR) is 68.8 cm³/mol. The highest BCUT2D eigenvalue weighted by Gasteiger charge is 2.18. The Morgan fingerprint density at radius 3 is 2.69 bits per heavy atom. The molecule has 1 heterocycles. The van der Waals surface area contributed by atoms with Crippen LogP contribution in [0, 0.1) is 0 Å². The van der Waals surface area contributed by atoms with Gasteiger partial charge >= 0.3 is 0 Å². The van der Waals surface area contributed by atoms with Gasteiger partial charge in [-0.05, 0) is 44.6 Å². The van der Waals surface area contributed by atoms with Crippen molar-refractivity contribution >= 4 is 11.6 Å². The third-order valence-electron chi connectivity index (χ3n) is 3.31. The van der Waals surface area contributed by atoms with E-state index >= 15 is 0 Å². The molecule has 3 heteroatoms. The number of hydrogen-bond donors (Lipinski definition) is 1. The van der Waals surface area contributed by atoms with E-state index < -0.39 is 0 Å². The number of rotatable bonds is 3. The Bertz CT molecular complexity index is 334. The van der Waals surface area contributed by atoms with E-state index in [1.165, 1.54) is 18.4 Å². The van der Waals surface area contributed by atoms with E-state index in [0.29, 0.717) is 6.04 Å². The van der Waals surface area contributed by atoms with Gasteiger partial charge in [0.05, 0.1) is 0 Å². The first-order chi connectivity index (χ1) is 7.77. The van der Waals surface area contributed by atoms with Gasteiger partial charge in [-0.25, -0.2) is 0 Å². The monoisotopic (exact) mass is 238 g/mol. The number of benzene rings is 1. The van der Waals surface area contributed by atoms with Gasteiger partial charge in [0.1, 0.15) is 0 Å². The SMILES string of the molecule is CN(Cc1ccccc1Cl)C1CCNCC1. The number of halogens is 1. The fourth-order valence-corrected chi connectivity index (χ4v) is 2.47. The van der Waals surface area contributed by atoms with Crippen LogP contribution in [-0.4, -0.2) is 31.1 Å². The fraction of sp³-hybridized carbons (Fsp3) is 0.538. The third-order valence-corrected chi connectivity index (χ3v) is 3.68. The van der Waals surface area contributed by atoms with Crippen LogP contribution in [0.15, 0.2) is 24.3 Å². The maximum atomic E-state index is 6.17. The summed E-state index contributed by atoms with van der Waals surface area (Å²) in [5.41, 5.74) is 1.23. The van der Waals surface area contributed by atoms with Crippen molar-refractivity contribution in [1.29, 1.82) is 0 Å². The normalized spacial score (nSPS) is 17.9. The Hall–Kier alpha value is -0.570. The Morgan fingerprint density at radius 2 is 2.00 bits per heavy atom. The summed E-state index contributed by atoms with van der Waals surface area (Å²) in [5, 5.41) is 4.27. The minimum absolute atomic E-state index is 0.692. The molecule has 2 rings (SSSR count). The third kappa shape index (κ3) is 2.97. The maximum Gasteiger partial charge on any atom is 0.0451 e. The van der Waals surface area contributed by atoms with Crippen LogP contribution in [0.25, 0.3) is 0 Å². The maximum absolute atomic E-state index is 6.17. The number of nitrogens with one attached hydrogen (secondary N) is 1. The molecule has 1 aromatic rings. The summed E-state index contributed by atoms with van der Waals surface area (Å²) < 4.78 is 0. The summed E-state index contributed by atoms with van der Waals surface area (Å²) in [6, 6.07) is 8.80. The lowest BCUT2D eigenvalue weighted by molar-refractivity contribution is 0.192. The summed E-state index contributed by atoms with van der Waals surface area (Å²) in [4.78, 5) is 2.42. The van der Waals surface area contributed by atoms with Crippen molar-refractivity contribution in [1.82, 2.24) is 10.2 Å². The molecule has 0 amide bonds. The van der Waals surface area contributed by atoms with Gasteiger partial charge in [-0.2, -0.15) is 0 Å². The van der Waals surface area contributed by atoms with Crippen molar-refractivity contribution < 1.29 is 0 Å². The standard InChI is InChI=1S/C13H19ClN2/c1-16(12-6-8-15-9-7-12)10-11-4-2-3-5-13(11)14/h2-5,12,15H,6-10H2,1H3. The van der Waals surface area contributed by atoms with Gasteiger partial charge in [0.2, 0.25) is 0 Å². The molecular weight excluding hydrogens is 220 g/mol. The van der Waals surface area contributed by atoms with Crippen molar-refractivity contribution in [3.05, 3.63) is 34.9 Å². The van der Waals surface area contributed by atoms with Crippen LogP contribution >= 0.6 is 11.6 Å². The number of hydrogen-bond acceptors (Lipinski definition) is 2. The van der Waals surface area contributed by atoms with Crippen molar-refractivity contribution in [3.63, 3.8) is 0 Å². The molecule has 1 aliphatic rings. The van der Waals surface area contributed by atoms with Crippen molar-refractivity contribution in [2.45, 2.75) is 25.4 Å². The Morgan fingerprint density at radius 1 is 1.31 bits per heavy atom. The second kappa shape index (κ2) is 5.67. The quantitative estimate of drug-likeness (QED) is 0.871. The van der Waals surface area contributed by atoms with E-state index in [4.69, 9.17) is 11.6 Å². The van der Waals surface area contributed by atoms with Crippen LogP contribution in [0.2, 0.25) is 5.02 Å². The van der Waals surface area contributed by atoms with Crippen LogP contribution in [0.3, 0.4) is 0 Å². The molecule has 1 fully saturated rings. The molecule has 0 saturated carbocycles. The molecule has 88 valence electrons. The highest BCUT2D eigenvalue weighted by molar-refractivity contribution is 6.31. The van der Waals surface area contributed by atoms with Crippen LogP contribution in [0.1, 0.15) is 18.4 Å². The van der Waals surface area contributed by atoms with Gasteiger partial charge in [0, 0.05) is 17.6 Å². The summed E-state index contributed by atoms with van der Waals surface area (Å²) in [7, 11) is 2.19. The highest BCUT2D eigenvalue weighted by atomic mass is 35.5. The summed E-state index contributed by atoms with van der Waals surface area (Å²) in [6.45, 7) is 3.22. The van der Waals surface area contributed by atoms with E-state index in [0.717, 1.165) is 24.7 Å². The van der Waals surface area contributed by atoms with Crippen LogP contribution in [0.5, 0.6) is 0 Å². The molecule has 2 nitrogen and oxygen atoms in total. The summed E-state index contributed by atoms with van der Waals surface area (Å²) in [5.74, 6) is 0. The molecule has 0 atom stereocenters. The molecule has 0 radical (unpaired) electrons. The molecular formula is C13H19ClN2. The lowest BCUT2D eigenvalue weighted by Gasteiger charge is -2.31. The summed E-state index contributed by atoms with van der Waals surface area (Å²) in [6.07, 6.45) is 2.47. The molecule has 0 aromatic heterocycles. The number of piperidine rings is 1. The van der Waals surface area contributed by atoms with Gasteiger partial charge < -0.3 is 5.32 Å². The second-order valence-corrected chi connectivity index (χ2v) is 4.89. The second-order valence-electron chi connectivity index (χ2n) is 4.49. The molecule has 1 N–H and O–H groups in total. The average Bonchev–Trinajstić information content (AvgIpc) is 2.33. The topological polar surface area (TPSA) is 15.3 Å². The molecule has 1 saturated heterocycles. The molecule has 1 aromatic carbocycles. The van der Waals surface area contributed by atoms with Gasteiger partial charge in [0.25, 0.3) is 0 Å². The average molecular weight is 239 g/mol. The van der Waals surface area contributed by atoms with Crippen LogP contribution < -0.4 is 5.32 Å². The Kier molecular flexibility index (Phi) is 4.22. The van der Waals surface area contributed by atoms with Crippen molar-refractivity contribution in [2.75, 3.05) is 20.1 Å². The molecule has 0 unspecified atom stereocenters. The zero-order valence-corrected chi connectivity index (χ0v) is 10.5. The lowest BCUT2D eigenvalue weighted by Crippen LogP contribution is -2.40. The van der Waals surface area contributed by atoms with E-state index in [9.17, 15) is 0 Å². The lowest BCUT2D eigenvalue weighted by atomic mass is 10.0. The zero-order valence-electron chi connectivity index (χ0n) is 9.75. The molecule has 0 aliphatic carbocycles.